The lowest BCUT2D eigenvalue weighted by Gasteiger charge is -2.29. The average Bonchev–Trinajstić information content (AvgIpc) is 3.91. The Hall–Kier alpha value is -5.49. The highest BCUT2D eigenvalue weighted by atomic mass is 32.2. The van der Waals surface area contributed by atoms with Crippen LogP contribution in [0.25, 0.3) is 22.3 Å². The monoisotopic (exact) mass is 714 g/mol. The van der Waals surface area contributed by atoms with Crippen LogP contribution in [-0.4, -0.2) is 93.8 Å². The van der Waals surface area contributed by atoms with Crippen LogP contribution in [0.1, 0.15) is 55.5 Å². The molecule has 2 unspecified atom stereocenters. The highest BCUT2D eigenvalue weighted by Gasteiger charge is 2.38. The van der Waals surface area contributed by atoms with Crippen molar-refractivity contribution in [3.63, 3.8) is 0 Å². The first-order valence-corrected chi connectivity index (χ1v) is 17.8. The molecule has 2 atom stereocenters. The maximum Gasteiger partial charge on any atom is 0.407 e. The number of carbonyl (C=O) groups excluding carboxylic acids is 4. The van der Waals surface area contributed by atoms with Crippen molar-refractivity contribution in [2.24, 2.45) is 5.92 Å². The summed E-state index contributed by atoms with van der Waals surface area (Å²) in [6.07, 6.45) is 2.84. The molecule has 15 heteroatoms. The molecule has 3 heterocycles. The zero-order valence-electron chi connectivity index (χ0n) is 29.0. The number of nitrogens with one attached hydrogen (secondary N) is 5. The number of fused-ring (bicyclic) bond motifs is 1. The van der Waals surface area contributed by atoms with Crippen LogP contribution in [0, 0.1) is 17.8 Å². The Labute approximate surface area is 300 Å². The molecule has 5 N–H and O–H groups in total. The molecule has 2 aromatic heterocycles. The van der Waals surface area contributed by atoms with Gasteiger partial charge in [0.2, 0.25) is 11.8 Å². The van der Waals surface area contributed by atoms with Crippen molar-refractivity contribution in [3.8, 4) is 23.1 Å². The second-order valence-corrected chi connectivity index (χ2v) is 13.3. The Bertz CT molecular complexity index is 1910. The average molecular weight is 715 g/mol. The molecule has 0 radical (unpaired) electrons. The lowest BCUT2D eigenvalue weighted by molar-refractivity contribution is -0.135. The number of benzene rings is 2. The van der Waals surface area contributed by atoms with Crippen molar-refractivity contribution in [3.05, 3.63) is 71.4 Å². The summed E-state index contributed by atoms with van der Waals surface area (Å²) in [6, 6.07) is 12.8. The standard InChI is InChI=1S/C36H42N8O6S/c1-22(2)32(43-36(48)50-4)34(46)44-21-51-20-29(44)33-38-18-28(42-33)25-13-10-23(11-14-25)8-9-24-12-15-26-27(17-24)41-30(40-26)7-5-6-16-37-31(45)19-39-35(47)49-3/h10-15,17-18,22,29,32H,5-7,16,19-21H2,1-4H3,(H,37,45)(H,38,42)(H,39,47)(H,40,41)(H,43,48). The van der Waals surface area contributed by atoms with Crippen molar-refractivity contribution in [2.45, 2.75) is 45.2 Å². The van der Waals surface area contributed by atoms with Gasteiger partial charge >= 0.3 is 12.2 Å². The molecule has 1 fully saturated rings. The van der Waals surface area contributed by atoms with Crippen LogP contribution >= 0.6 is 11.8 Å². The van der Waals surface area contributed by atoms with E-state index in [1.165, 1.54) is 14.2 Å². The molecule has 2 aromatic carbocycles. The highest BCUT2D eigenvalue weighted by molar-refractivity contribution is 7.99. The SMILES string of the molecule is COC(=O)NCC(=O)NCCCCc1nc2ccc(C#Cc3ccc(-c4cnc(C5CSCN5C(=O)C(NC(=O)OC)C(C)C)[nH]4)cc3)cc2[nH]1. The minimum absolute atomic E-state index is 0.112. The van der Waals surface area contributed by atoms with E-state index in [0.29, 0.717) is 24.0 Å². The Morgan fingerprint density at radius 2 is 1.73 bits per heavy atom. The van der Waals surface area contributed by atoms with Crippen LogP contribution in [0.2, 0.25) is 0 Å². The van der Waals surface area contributed by atoms with Crippen LogP contribution in [0.4, 0.5) is 9.59 Å². The summed E-state index contributed by atoms with van der Waals surface area (Å²) in [7, 11) is 2.53. The highest BCUT2D eigenvalue weighted by Crippen LogP contribution is 2.34. The molecule has 0 saturated carbocycles. The summed E-state index contributed by atoms with van der Waals surface area (Å²) in [5.41, 5.74) is 5.27. The predicted octanol–water partition coefficient (Wildman–Crippen LogP) is 4.10. The van der Waals surface area contributed by atoms with Gasteiger partial charge in [0.15, 0.2) is 0 Å². The fourth-order valence-electron chi connectivity index (χ4n) is 5.49. The zero-order valence-corrected chi connectivity index (χ0v) is 29.8. The van der Waals surface area contributed by atoms with E-state index in [4.69, 9.17) is 4.74 Å². The smallest absolute Gasteiger partial charge is 0.407 e. The second kappa shape index (κ2) is 17.4. The van der Waals surface area contributed by atoms with Crippen molar-refractivity contribution >= 4 is 46.8 Å². The fraction of sp³-hybridized carbons (Fsp3) is 0.389. The number of thioether (sulfide) groups is 1. The molecular weight excluding hydrogens is 673 g/mol. The first-order valence-electron chi connectivity index (χ1n) is 16.6. The van der Waals surface area contributed by atoms with Crippen LogP contribution in [0.5, 0.6) is 0 Å². The maximum atomic E-state index is 13.4. The normalized spacial score (nSPS) is 14.5. The number of aromatic amines is 2. The van der Waals surface area contributed by atoms with Crippen molar-refractivity contribution < 1.29 is 28.7 Å². The summed E-state index contributed by atoms with van der Waals surface area (Å²) in [6.45, 7) is 4.16. The number of methoxy groups -OCH3 is 2. The van der Waals surface area contributed by atoms with E-state index >= 15 is 0 Å². The number of rotatable bonds is 12. The summed E-state index contributed by atoms with van der Waals surface area (Å²) < 4.78 is 9.17. The molecule has 0 bridgehead atoms. The summed E-state index contributed by atoms with van der Waals surface area (Å²) in [4.78, 5) is 65.9. The molecule has 4 amide bonds. The van der Waals surface area contributed by atoms with E-state index in [9.17, 15) is 19.2 Å². The largest absolute Gasteiger partial charge is 0.453 e. The van der Waals surface area contributed by atoms with E-state index < -0.39 is 18.2 Å². The van der Waals surface area contributed by atoms with E-state index in [1.54, 1.807) is 22.9 Å². The van der Waals surface area contributed by atoms with Crippen LogP contribution in [0.3, 0.4) is 0 Å². The Balaban J connectivity index is 1.14. The number of alkyl carbamates (subject to hydrolysis) is 2. The van der Waals surface area contributed by atoms with E-state index in [1.807, 2.05) is 56.3 Å². The van der Waals surface area contributed by atoms with Gasteiger partial charge in [0.1, 0.15) is 17.7 Å². The first-order chi connectivity index (χ1) is 24.6. The van der Waals surface area contributed by atoms with Gasteiger partial charge in [-0.05, 0) is 54.7 Å². The third-order valence-electron chi connectivity index (χ3n) is 8.29. The molecule has 1 aliphatic rings. The van der Waals surface area contributed by atoms with Gasteiger partial charge in [-0.3, -0.25) is 9.59 Å². The lowest BCUT2D eigenvalue weighted by Crippen LogP contribution is -2.51. The number of hydrogen-bond donors (Lipinski definition) is 5. The quantitative estimate of drug-likeness (QED) is 0.107. The molecule has 1 saturated heterocycles. The number of ether oxygens (including phenoxy) is 2. The third-order valence-corrected chi connectivity index (χ3v) is 9.30. The number of imidazole rings is 2. The van der Waals surface area contributed by atoms with Gasteiger partial charge in [-0.15, -0.1) is 11.8 Å². The number of aromatic nitrogens is 4. The zero-order chi connectivity index (χ0) is 36.3. The van der Waals surface area contributed by atoms with Crippen molar-refractivity contribution in [2.75, 3.05) is 38.9 Å². The van der Waals surface area contributed by atoms with Gasteiger partial charge in [0.05, 0.1) is 55.6 Å². The minimum atomic E-state index is -0.699. The maximum absolute atomic E-state index is 13.4. The van der Waals surface area contributed by atoms with Gasteiger partial charge in [0, 0.05) is 29.8 Å². The predicted molar refractivity (Wildman–Crippen MR) is 194 cm³/mol. The van der Waals surface area contributed by atoms with Gasteiger partial charge in [-0.25, -0.2) is 19.6 Å². The molecule has 0 spiro atoms. The van der Waals surface area contributed by atoms with E-state index in [2.05, 4.69) is 52.5 Å². The van der Waals surface area contributed by atoms with Gasteiger partial charge in [-0.1, -0.05) is 37.8 Å². The molecular formula is C36H42N8O6S. The number of unbranched alkanes of at least 4 members (excludes halogenated alkanes) is 1. The van der Waals surface area contributed by atoms with E-state index in [0.717, 1.165) is 58.5 Å². The molecule has 5 rings (SSSR count). The van der Waals surface area contributed by atoms with Crippen molar-refractivity contribution in [1.82, 2.24) is 40.8 Å². The molecule has 14 nitrogen and oxygen atoms in total. The third kappa shape index (κ3) is 9.82. The molecule has 1 aliphatic heterocycles. The molecule has 51 heavy (non-hydrogen) atoms. The Morgan fingerprint density at radius 3 is 2.47 bits per heavy atom. The molecule has 4 aromatic rings. The Kier molecular flexibility index (Phi) is 12.6. The minimum Gasteiger partial charge on any atom is -0.453 e. The number of amides is 4. The molecule has 0 aliphatic carbocycles. The Morgan fingerprint density at radius 1 is 0.980 bits per heavy atom. The van der Waals surface area contributed by atoms with Crippen LogP contribution in [-0.2, 0) is 25.5 Å². The first kappa shape index (κ1) is 36.8. The van der Waals surface area contributed by atoms with E-state index in [-0.39, 0.29) is 30.3 Å². The lowest BCUT2D eigenvalue weighted by atomic mass is 10.0. The summed E-state index contributed by atoms with van der Waals surface area (Å²) in [5.74, 6) is 8.69. The number of hydrogen-bond acceptors (Lipinski definition) is 9. The second-order valence-electron chi connectivity index (χ2n) is 12.3. The summed E-state index contributed by atoms with van der Waals surface area (Å²) in [5, 5.41) is 7.78. The molecule has 268 valence electrons. The van der Waals surface area contributed by atoms with Gasteiger partial charge < -0.3 is 40.3 Å². The van der Waals surface area contributed by atoms with Crippen LogP contribution in [0.15, 0.2) is 48.7 Å². The topological polar surface area (TPSA) is 183 Å². The van der Waals surface area contributed by atoms with Crippen molar-refractivity contribution in [1.29, 1.82) is 0 Å². The number of nitrogens with zero attached hydrogens (tertiary/aromatic N) is 3. The van der Waals surface area contributed by atoms with Gasteiger partial charge in [0.25, 0.3) is 0 Å². The number of carbonyl (C=O) groups is 4. The number of aryl methyl sites for hydroxylation is 1. The summed E-state index contributed by atoms with van der Waals surface area (Å²) >= 11 is 1.64. The fourth-order valence-corrected chi connectivity index (χ4v) is 6.66. The van der Waals surface area contributed by atoms with Crippen LogP contribution < -0.4 is 16.0 Å². The van der Waals surface area contributed by atoms with Gasteiger partial charge in [-0.2, -0.15) is 0 Å². The number of H-pyrrole nitrogens is 2.